The van der Waals surface area contributed by atoms with Gasteiger partial charge >= 0.3 is 0 Å². The van der Waals surface area contributed by atoms with Crippen LogP contribution in [-0.4, -0.2) is 37.1 Å². The lowest BCUT2D eigenvalue weighted by atomic mass is 10.1. The largest absolute Gasteiger partial charge is 0.368 e. The molecule has 0 bridgehead atoms. The molecule has 2 heterocycles. The van der Waals surface area contributed by atoms with Crippen molar-refractivity contribution in [2.45, 2.75) is 13.8 Å². The monoisotopic (exact) mass is 386 g/mol. The van der Waals surface area contributed by atoms with E-state index in [0.29, 0.717) is 5.56 Å². The van der Waals surface area contributed by atoms with Crippen LogP contribution in [0.1, 0.15) is 21.5 Å². The Morgan fingerprint density at radius 3 is 2.31 bits per heavy atom. The zero-order chi connectivity index (χ0) is 20.2. The van der Waals surface area contributed by atoms with Gasteiger partial charge in [-0.15, -0.1) is 0 Å². The zero-order valence-electron chi connectivity index (χ0n) is 16.9. The van der Waals surface area contributed by atoms with Crippen LogP contribution in [0.3, 0.4) is 0 Å². The second-order valence-electron chi connectivity index (χ2n) is 7.49. The molecule has 29 heavy (non-hydrogen) atoms. The Morgan fingerprint density at radius 2 is 1.62 bits per heavy atom. The lowest BCUT2D eigenvalue weighted by molar-refractivity contribution is 0.102. The lowest BCUT2D eigenvalue weighted by Crippen LogP contribution is -2.46. The molecule has 1 fully saturated rings. The first-order valence-electron chi connectivity index (χ1n) is 10.00. The zero-order valence-corrected chi connectivity index (χ0v) is 16.9. The second-order valence-corrected chi connectivity index (χ2v) is 7.49. The standard InChI is InChI=1S/C24H26N4O/c1-18-8-9-19(2)22(16-18)26-24(29)20-10-11-23(25-17-20)28-14-12-27(13-15-28)21-6-4-3-5-7-21/h3-11,16-17H,12-15H2,1-2H3,(H,26,29). The summed E-state index contributed by atoms with van der Waals surface area (Å²) in [6, 6.07) is 20.3. The highest BCUT2D eigenvalue weighted by molar-refractivity contribution is 6.04. The van der Waals surface area contributed by atoms with Gasteiger partial charge in [0.05, 0.1) is 5.56 Å². The average molecular weight is 386 g/mol. The minimum absolute atomic E-state index is 0.133. The molecule has 0 unspecified atom stereocenters. The van der Waals surface area contributed by atoms with Crippen LogP contribution in [0.15, 0.2) is 66.9 Å². The van der Waals surface area contributed by atoms with Gasteiger partial charge in [-0.25, -0.2) is 4.98 Å². The first-order chi connectivity index (χ1) is 14.1. The molecule has 3 aromatic rings. The second kappa shape index (κ2) is 8.35. The van der Waals surface area contributed by atoms with E-state index in [0.717, 1.165) is 48.8 Å². The Balaban J connectivity index is 1.38. The number of aryl methyl sites for hydroxylation is 2. The third kappa shape index (κ3) is 4.40. The summed E-state index contributed by atoms with van der Waals surface area (Å²) < 4.78 is 0. The van der Waals surface area contributed by atoms with Crippen LogP contribution in [0.4, 0.5) is 17.2 Å². The van der Waals surface area contributed by atoms with Gasteiger partial charge in [-0.2, -0.15) is 0 Å². The van der Waals surface area contributed by atoms with E-state index >= 15 is 0 Å². The van der Waals surface area contributed by atoms with Gasteiger partial charge in [0.2, 0.25) is 0 Å². The molecule has 2 aromatic carbocycles. The van der Waals surface area contributed by atoms with E-state index in [1.807, 2.05) is 50.2 Å². The summed E-state index contributed by atoms with van der Waals surface area (Å²) >= 11 is 0. The Labute approximate surface area is 172 Å². The molecule has 1 saturated heterocycles. The average Bonchev–Trinajstić information content (AvgIpc) is 2.77. The molecule has 148 valence electrons. The molecule has 1 N–H and O–H groups in total. The third-order valence-electron chi connectivity index (χ3n) is 5.38. The maximum atomic E-state index is 12.6. The van der Waals surface area contributed by atoms with Crippen LogP contribution >= 0.6 is 0 Å². The van der Waals surface area contributed by atoms with E-state index in [1.54, 1.807) is 6.20 Å². The molecule has 4 rings (SSSR count). The van der Waals surface area contributed by atoms with Crippen molar-refractivity contribution in [3.05, 3.63) is 83.6 Å². The fraction of sp³-hybridized carbons (Fsp3) is 0.250. The number of rotatable bonds is 4. The van der Waals surface area contributed by atoms with Crippen LogP contribution < -0.4 is 15.1 Å². The first kappa shape index (κ1) is 19.0. The molecule has 1 amide bonds. The van der Waals surface area contributed by atoms with E-state index in [4.69, 9.17) is 0 Å². The Morgan fingerprint density at radius 1 is 0.897 bits per heavy atom. The number of aromatic nitrogens is 1. The predicted octanol–water partition coefficient (Wildman–Crippen LogP) is 4.28. The molecular formula is C24H26N4O. The van der Waals surface area contributed by atoms with Crippen molar-refractivity contribution < 1.29 is 4.79 Å². The normalized spacial score (nSPS) is 14.0. The smallest absolute Gasteiger partial charge is 0.257 e. The molecule has 0 atom stereocenters. The van der Waals surface area contributed by atoms with E-state index in [-0.39, 0.29) is 5.91 Å². The number of hydrogen-bond donors (Lipinski definition) is 1. The van der Waals surface area contributed by atoms with Crippen molar-refractivity contribution in [2.24, 2.45) is 0 Å². The molecule has 0 saturated carbocycles. The van der Waals surface area contributed by atoms with Crippen molar-refractivity contribution in [1.82, 2.24) is 4.98 Å². The number of amides is 1. The van der Waals surface area contributed by atoms with E-state index < -0.39 is 0 Å². The summed E-state index contributed by atoms with van der Waals surface area (Å²) in [5, 5.41) is 2.99. The predicted molar refractivity (Wildman–Crippen MR) is 119 cm³/mol. The van der Waals surface area contributed by atoms with Crippen molar-refractivity contribution >= 4 is 23.1 Å². The lowest BCUT2D eigenvalue weighted by Gasteiger charge is -2.36. The number of carbonyl (C=O) groups excluding carboxylic acids is 1. The minimum atomic E-state index is -0.133. The van der Waals surface area contributed by atoms with Crippen LogP contribution in [0, 0.1) is 13.8 Å². The summed E-state index contributed by atoms with van der Waals surface area (Å²) in [5.41, 5.74) is 4.84. The summed E-state index contributed by atoms with van der Waals surface area (Å²) in [6.07, 6.45) is 1.67. The Hall–Kier alpha value is -3.34. The van der Waals surface area contributed by atoms with E-state index in [1.165, 1.54) is 5.69 Å². The number of benzene rings is 2. The maximum Gasteiger partial charge on any atom is 0.257 e. The van der Waals surface area contributed by atoms with Gasteiger partial charge in [0.25, 0.3) is 5.91 Å². The summed E-state index contributed by atoms with van der Waals surface area (Å²) in [7, 11) is 0. The highest BCUT2D eigenvalue weighted by atomic mass is 16.1. The van der Waals surface area contributed by atoms with Gasteiger partial charge < -0.3 is 15.1 Å². The van der Waals surface area contributed by atoms with Crippen LogP contribution in [0.5, 0.6) is 0 Å². The number of pyridine rings is 1. The molecule has 0 radical (unpaired) electrons. The number of piperazine rings is 1. The number of nitrogens with one attached hydrogen (secondary N) is 1. The van der Waals surface area contributed by atoms with Crippen molar-refractivity contribution in [3.63, 3.8) is 0 Å². The van der Waals surface area contributed by atoms with E-state index in [2.05, 4.69) is 44.4 Å². The quantitative estimate of drug-likeness (QED) is 0.727. The number of hydrogen-bond acceptors (Lipinski definition) is 4. The van der Waals surface area contributed by atoms with Crippen molar-refractivity contribution in [3.8, 4) is 0 Å². The first-order valence-corrected chi connectivity index (χ1v) is 10.00. The fourth-order valence-corrected chi connectivity index (χ4v) is 3.60. The summed E-state index contributed by atoms with van der Waals surface area (Å²) in [4.78, 5) is 21.8. The minimum Gasteiger partial charge on any atom is -0.368 e. The fourth-order valence-electron chi connectivity index (χ4n) is 3.60. The topological polar surface area (TPSA) is 48.5 Å². The summed E-state index contributed by atoms with van der Waals surface area (Å²) in [5.74, 6) is 0.785. The van der Waals surface area contributed by atoms with E-state index in [9.17, 15) is 4.79 Å². The molecule has 1 aliphatic heterocycles. The molecule has 0 aliphatic carbocycles. The number of carbonyl (C=O) groups is 1. The molecule has 5 nitrogen and oxygen atoms in total. The summed E-state index contributed by atoms with van der Waals surface area (Å²) in [6.45, 7) is 7.75. The van der Waals surface area contributed by atoms with Gasteiger partial charge in [0.15, 0.2) is 0 Å². The Bertz CT molecular complexity index is 978. The highest BCUT2D eigenvalue weighted by Gasteiger charge is 2.18. The number of nitrogens with zero attached hydrogens (tertiary/aromatic N) is 3. The third-order valence-corrected chi connectivity index (χ3v) is 5.38. The Kier molecular flexibility index (Phi) is 5.47. The molecule has 0 spiro atoms. The van der Waals surface area contributed by atoms with Gasteiger partial charge in [-0.05, 0) is 55.3 Å². The molecule has 1 aliphatic rings. The van der Waals surface area contributed by atoms with Gasteiger partial charge in [-0.1, -0.05) is 30.3 Å². The molecule has 1 aromatic heterocycles. The SMILES string of the molecule is Cc1ccc(C)c(NC(=O)c2ccc(N3CCN(c4ccccc4)CC3)nc2)c1. The molecule has 5 heteroatoms. The highest BCUT2D eigenvalue weighted by Crippen LogP contribution is 2.20. The number of para-hydroxylation sites is 1. The van der Waals surface area contributed by atoms with Crippen molar-refractivity contribution in [2.75, 3.05) is 41.3 Å². The number of anilines is 3. The van der Waals surface area contributed by atoms with Crippen LogP contribution in [-0.2, 0) is 0 Å². The van der Waals surface area contributed by atoms with Crippen LogP contribution in [0.2, 0.25) is 0 Å². The van der Waals surface area contributed by atoms with Crippen LogP contribution in [0.25, 0.3) is 0 Å². The van der Waals surface area contributed by atoms with Gasteiger partial charge in [0, 0.05) is 43.8 Å². The van der Waals surface area contributed by atoms with Crippen molar-refractivity contribution in [1.29, 1.82) is 0 Å². The van der Waals surface area contributed by atoms with Gasteiger partial charge in [0.1, 0.15) is 5.82 Å². The maximum absolute atomic E-state index is 12.6. The van der Waals surface area contributed by atoms with Gasteiger partial charge in [-0.3, -0.25) is 4.79 Å². The molecular weight excluding hydrogens is 360 g/mol.